The average Bonchev–Trinajstić information content (AvgIpc) is 2.65. The minimum atomic E-state index is -5.04. The molecule has 32 heavy (non-hydrogen) atoms. The van der Waals surface area contributed by atoms with E-state index >= 15 is 0 Å². The summed E-state index contributed by atoms with van der Waals surface area (Å²) in [4.78, 5) is 31.6. The lowest BCUT2D eigenvalue weighted by atomic mass is 10.1. The quantitative estimate of drug-likeness (QED) is 0.147. The summed E-state index contributed by atoms with van der Waals surface area (Å²) in [7, 11) is -14.4. The first-order valence-corrected chi connectivity index (χ1v) is 13.0. The van der Waals surface area contributed by atoms with Crippen LogP contribution in [0, 0.1) is 6.92 Å². The number of azo groups is 1. The van der Waals surface area contributed by atoms with Gasteiger partial charge in [-0.25, -0.2) is 4.98 Å². The molecule has 1 heterocycles. The maximum Gasteiger partial charge on any atom is 0.325 e. The van der Waals surface area contributed by atoms with E-state index in [9.17, 15) is 35.9 Å². The van der Waals surface area contributed by atoms with Gasteiger partial charge in [-0.05, 0) is 31.5 Å². The van der Waals surface area contributed by atoms with Crippen molar-refractivity contribution in [2.75, 3.05) is 6.16 Å². The van der Waals surface area contributed by atoms with E-state index in [2.05, 4.69) is 15.2 Å². The van der Waals surface area contributed by atoms with Crippen molar-refractivity contribution in [1.82, 2.24) is 4.98 Å². The largest absolute Gasteiger partial charge is 0.505 e. The van der Waals surface area contributed by atoms with E-state index in [1.165, 1.54) is 6.92 Å². The molecule has 0 radical (unpaired) electrons. The molecule has 174 valence electrons. The lowest BCUT2D eigenvalue weighted by Gasteiger charge is -2.12. The molecule has 0 fully saturated rings. The Labute approximate surface area is 181 Å². The van der Waals surface area contributed by atoms with Crippen molar-refractivity contribution in [1.29, 1.82) is 0 Å². The van der Waals surface area contributed by atoms with Crippen LogP contribution in [0.2, 0.25) is 0 Å². The summed E-state index contributed by atoms with van der Waals surface area (Å²) in [6.07, 6.45) is -0.983. The Morgan fingerprint density at radius 3 is 2.22 bits per heavy atom. The van der Waals surface area contributed by atoms with Gasteiger partial charge >= 0.3 is 7.60 Å². The Balaban J connectivity index is 2.69. The molecule has 0 spiro atoms. The van der Waals surface area contributed by atoms with E-state index in [1.807, 2.05) is 0 Å². The number of aromatic hydroxyl groups is 1. The Kier molecular flexibility index (Phi) is 7.31. The number of aldehydes is 1. The van der Waals surface area contributed by atoms with Crippen LogP contribution >= 0.6 is 7.60 Å². The number of aryl methyl sites for hydroxylation is 1. The van der Waals surface area contributed by atoms with Gasteiger partial charge in [0.15, 0.2) is 12.1 Å². The maximum atomic E-state index is 11.6. The minimum absolute atomic E-state index is 0.0993. The van der Waals surface area contributed by atoms with E-state index < -0.39 is 67.5 Å². The highest BCUT2D eigenvalue weighted by Crippen LogP contribution is 2.38. The van der Waals surface area contributed by atoms with Gasteiger partial charge in [-0.15, -0.1) is 10.2 Å². The van der Waals surface area contributed by atoms with Crippen LogP contribution in [0.3, 0.4) is 0 Å². The monoisotopic (exact) mass is 509 g/mol. The van der Waals surface area contributed by atoms with Crippen molar-refractivity contribution < 1.29 is 50.2 Å². The van der Waals surface area contributed by atoms with Gasteiger partial charge in [-0.1, -0.05) is 0 Å². The summed E-state index contributed by atoms with van der Waals surface area (Å²) in [6, 6.07) is 2.01. The third-order valence-corrected chi connectivity index (χ3v) is 6.54. The zero-order chi connectivity index (χ0) is 24.5. The van der Waals surface area contributed by atoms with Crippen molar-refractivity contribution in [3.63, 3.8) is 0 Å². The van der Waals surface area contributed by atoms with Crippen molar-refractivity contribution >= 4 is 45.6 Å². The fraction of sp³-hybridized carbons (Fsp3) is 0.200. The first-order valence-electron chi connectivity index (χ1n) is 8.27. The third-order valence-electron chi connectivity index (χ3n) is 4.00. The number of rotatable bonds is 8. The van der Waals surface area contributed by atoms with Crippen LogP contribution in [0.4, 0.5) is 11.5 Å². The van der Waals surface area contributed by atoms with E-state index in [0.717, 1.165) is 12.1 Å². The molecule has 14 nitrogen and oxygen atoms in total. The Bertz CT molecular complexity index is 1370. The minimum Gasteiger partial charge on any atom is -0.505 e. The predicted molar refractivity (Wildman–Crippen MR) is 107 cm³/mol. The molecule has 0 unspecified atom stereocenters. The Hall–Kier alpha value is -2.59. The highest BCUT2D eigenvalue weighted by atomic mass is 32.2. The molecule has 0 atom stereocenters. The molecule has 0 saturated heterocycles. The average molecular weight is 509 g/mol. The lowest BCUT2D eigenvalue weighted by Crippen LogP contribution is -2.04. The van der Waals surface area contributed by atoms with Crippen LogP contribution in [0.15, 0.2) is 38.2 Å². The molecule has 0 aliphatic rings. The van der Waals surface area contributed by atoms with Gasteiger partial charge in [-0.3, -0.25) is 18.5 Å². The zero-order valence-corrected chi connectivity index (χ0v) is 18.5. The molecule has 17 heteroatoms. The number of carbonyl (C=O) groups is 1. The summed E-state index contributed by atoms with van der Waals surface area (Å²) in [5.74, 6) is -0.952. The number of hydrogen-bond donors (Lipinski definition) is 5. The normalized spacial score (nSPS) is 12.9. The number of aromatic nitrogens is 1. The molecule has 0 bridgehead atoms. The van der Waals surface area contributed by atoms with Gasteiger partial charge < -0.3 is 14.9 Å². The first-order chi connectivity index (χ1) is 14.5. The van der Waals surface area contributed by atoms with Gasteiger partial charge in [0, 0.05) is 5.56 Å². The molecule has 1 aromatic carbocycles. The molecule has 5 N–H and O–H groups in total. The number of carbonyl (C=O) groups excluding carboxylic acids is 1. The summed E-state index contributed by atoms with van der Waals surface area (Å²) in [6.45, 7) is 1.29. The second-order valence-electron chi connectivity index (χ2n) is 6.30. The summed E-state index contributed by atoms with van der Waals surface area (Å²) >= 11 is 0. The van der Waals surface area contributed by atoms with Crippen LogP contribution < -0.4 is 0 Å². The van der Waals surface area contributed by atoms with Crippen LogP contribution in [0.25, 0.3) is 0 Å². The zero-order valence-electron chi connectivity index (χ0n) is 16.0. The molecule has 2 aromatic rings. The summed E-state index contributed by atoms with van der Waals surface area (Å²) in [5.41, 5.74) is -1.24. The topological polar surface area (TPSA) is 241 Å². The number of hydrogen-bond acceptors (Lipinski definition) is 10. The van der Waals surface area contributed by atoms with Crippen LogP contribution in [-0.4, -0.2) is 58.3 Å². The van der Waals surface area contributed by atoms with Crippen LogP contribution in [-0.2, 0) is 31.2 Å². The van der Waals surface area contributed by atoms with Crippen molar-refractivity contribution in [3.8, 4) is 5.75 Å². The van der Waals surface area contributed by atoms with Crippen molar-refractivity contribution in [2.24, 2.45) is 10.2 Å². The van der Waals surface area contributed by atoms with E-state index in [0.29, 0.717) is 6.07 Å². The van der Waals surface area contributed by atoms with Gasteiger partial charge in [-0.2, -0.15) is 16.8 Å². The van der Waals surface area contributed by atoms with Crippen LogP contribution in [0.5, 0.6) is 5.75 Å². The van der Waals surface area contributed by atoms with Crippen molar-refractivity contribution in [2.45, 2.75) is 23.1 Å². The smallest absolute Gasteiger partial charge is 0.325 e. The molecular formula is C15H16N3O11PS2. The first kappa shape index (κ1) is 25.7. The van der Waals surface area contributed by atoms with Crippen LogP contribution in [0.1, 0.15) is 21.6 Å². The number of pyridine rings is 1. The fourth-order valence-electron chi connectivity index (χ4n) is 2.50. The second kappa shape index (κ2) is 9.11. The highest BCUT2D eigenvalue weighted by Gasteiger charge is 2.23. The van der Waals surface area contributed by atoms with Gasteiger partial charge in [0.25, 0.3) is 20.2 Å². The molecule has 0 aliphatic heterocycles. The maximum absolute atomic E-state index is 11.6. The summed E-state index contributed by atoms with van der Waals surface area (Å²) < 4.78 is 75.4. The van der Waals surface area contributed by atoms with Gasteiger partial charge in [0.1, 0.15) is 16.3 Å². The van der Waals surface area contributed by atoms with Gasteiger partial charge in [0.2, 0.25) is 0 Å². The van der Waals surface area contributed by atoms with E-state index in [4.69, 9.17) is 14.3 Å². The standard InChI is InChI=1S/C15H16N3O11PS2/c1-8-14(20)11(7-19)10(4-5-30(21,22)23)15(16-8)18-17-12-3-2-9(31(24,25)26)6-13(12)32(27,28)29/h2-3,6-7,20H,4-5H2,1H3,(H2,21,22,23)(H,24,25,26)(H,27,28,29). The third kappa shape index (κ3) is 6.23. The Morgan fingerprint density at radius 1 is 1.09 bits per heavy atom. The number of benzene rings is 1. The van der Waals surface area contributed by atoms with E-state index in [1.54, 1.807) is 0 Å². The molecule has 0 amide bonds. The summed E-state index contributed by atoms with van der Waals surface area (Å²) in [5, 5.41) is 17.3. The van der Waals surface area contributed by atoms with E-state index in [-0.39, 0.29) is 23.1 Å². The van der Waals surface area contributed by atoms with Gasteiger partial charge in [0.05, 0.1) is 22.3 Å². The number of nitrogens with zero attached hydrogens (tertiary/aromatic N) is 3. The van der Waals surface area contributed by atoms with Crippen molar-refractivity contribution in [3.05, 3.63) is 35.0 Å². The molecule has 0 saturated carbocycles. The fourth-order valence-corrected chi connectivity index (χ4v) is 4.24. The SMILES string of the molecule is Cc1nc(N=Nc2ccc(S(=O)(=O)O)cc2S(=O)(=O)O)c(CCP(=O)(O)O)c(C=O)c1O. The molecule has 1 aromatic heterocycles. The molecule has 0 aliphatic carbocycles. The highest BCUT2D eigenvalue weighted by molar-refractivity contribution is 7.86. The molecule has 2 rings (SSSR count). The Morgan fingerprint density at radius 2 is 1.72 bits per heavy atom. The molecular weight excluding hydrogens is 493 g/mol. The second-order valence-corrected chi connectivity index (χ2v) is 10.9. The lowest BCUT2D eigenvalue weighted by molar-refractivity contribution is 0.111. The predicted octanol–water partition coefficient (Wildman–Crippen LogP) is 1.54.